The van der Waals surface area contributed by atoms with Crippen molar-refractivity contribution in [1.29, 1.82) is 0 Å². The molecule has 0 saturated carbocycles. The molecule has 0 aromatic heterocycles. The summed E-state index contributed by atoms with van der Waals surface area (Å²) >= 11 is 1.49. The molecule has 0 aromatic carbocycles. The average molecular weight is 215 g/mol. The number of carbonyl (C=O) groups excluding carboxylic acids is 1. The van der Waals surface area contributed by atoms with Crippen molar-refractivity contribution in [3.05, 3.63) is 0 Å². The smallest absolute Gasteiger partial charge is 0.185 e. The Morgan fingerprint density at radius 3 is 3.00 bits per heavy atom. The third kappa shape index (κ3) is 4.01. The highest BCUT2D eigenvalue weighted by atomic mass is 32.2. The minimum atomic E-state index is 0.257. The fourth-order valence-electron chi connectivity index (χ4n) is 1.95. The summed E-state index contributed by atoms with van der Waals surface area (Å²) in [7, 11) is 0. The molecule has 82 valence electrons. The first-order valence-electron chi connectivity index (χ1n) is 5.61. The number of carbonyl (C=O) groups is 1. The van der Waals surface area contributed by atoms with Crippen LogP contribution < -0.4 is 0 Å². The summed E-state index contributed by atoms with van der Waals surface area (Å²) in [5, 5.41) is 0.257. The maximum Gasteiger partial charge on any atom is 0.185 e. The van der Waals surface area contributed by atoms with Crippen LogP contribution in [0.15, 0.2) is 0 Å². The van der Waals surface area contributed by atoms with Crippen LogP contribution in [0.25, 0.3) is 0 Å². The van der Waals surface area contributed by atoms with E-state index in [0.717, 1.165) is 5.75 Å². The number of hydrogen-bond donors (Lipinski definition) is 0. The molecule has 0 aromatic rings. The largest absolute Gasteiger partial charge is 0.300 e. The first-order chi connectivity index (χ1) is 6.74. The van der Waals surface area contributed by atoms with Crippen LogP contribution in [0.5, 0.6) is 0 Å². The number of hydrogen-bond acceptors (Lipinski definition) is 3. The Balaban J connectivity index is 2.24. The third-order valence-electron chi connectivity index (χ3n) is 2.78. The van der Waals surface area contributed by atoms with Crippen molar-refractivity contribution in [3.63, 3.8) is 0 Å². The Labute approximate surface area is 91.4 Å². The van der Waals surface area contributed by atoms with E-state index in [4.69, 9.17) is 0 Å². The van der Waals surface area contributed by atoms with E-state index in [1.54, 1.807) is 6.92 Å². The van der Waals surface area contributed by atoms with E-state index in [2.05, 4.69) is 11.8 Å². The molecule has 0 spiro atoms. The predicted octanol–water partition coefficient (Wildman–Crippen LogP) is 2.53. The van der Waals surface area contributed by atoms with Crippen molar-refractivity contribution < 1.29 is 4.79 Å². The summed E-state index contributed by atoms with van der Waals surface area (Å²) in [6.07, 6.45) is 5.15. The summed E-state index contributed by atoms with van der Waals surface area (Å²) in [6.45, 7) is 6.36. The Hall–Kier alpha value is -0.0200. The molecule has 0 radical (unpaired) electrons. The molecule has 3 heteroatoms. The molecule has 1 fully saturated rings. The second-order valence-electron chi connectivity index (χ2n) is 3.99. The lowest BCUT2D eigenvalue weighted by Crippen LogP contribution is -2.32. The van der Waals surface area contributed by atoms with Crippen molar-refractivity contribution >= 4 is 16.9 Å². The van der Waals surface area contributed by atoms with Crippen LogP contribution in [0.3, 0.4) is 0 Å². The maximum absolute atomic E-state index is 10.9. The molecule has 14 heavy (non-hydrogen) atoms. The molecule has 1 heterocycles. The predicted molar refractivity (Wildman–Crippen MR) is 62.6 cm³/mol. The first-order valence-corrected chi connectivity index (χ1v) is 6.60. The SMILES string of the molecule is CCCCN1CCC[C@H]1CSC(C)=O. The number of unbranched alkanes of at least 4 members (excludes halogenated alkanes) is 1. The van der Waals surface area contributed by atoms with Crippen molar-refractivity contribution in [1.82, 2.24) is 4.90 Å². The molecular formula is C11H21NOS. The van der Waals surface area contributed by atoms with Gasteiger partial charge < -0.3 is 0 Å². The van der Waals surface area contributed by atoms with Gasteiger partial charge >= 0.3 is 0 Å². The molecule has 1 saturated heterocycles. The zero-order chi connectivity index (χ0) is 10.4. The van der Waals surface area contributed by atoms with Gasteiger partial charge in [0.2, 0.25) is 0 Å². The van der Waals surface area contributed by atoms with Crippen molar-refractivity contribution in [2.75, 3.05) is 18.8 Å². The highest BCUT2D eigenvalue weighted by Crippen LogP contribution is 2.21. The molecule has 1 aliphatic heterocycles. The first kappa shape index (κ1) is 12.1. The number of nitrogens with zero attached hydrogens (tertiary/aromatic N) is 1. The fourth-order valence-corrected chi connectivity index (χ4v) is 2.76. The fraction of sp³-hybridized carbons (Fsp3) is 0.909. The molecule has 1 atom stereocenters. The molecule has 1 aliphatic rings. The lowest BCUT2D eigenvalue weighted by atomic mass is 10.2. The highest BCUT2D eigenvalue weighted by molar-refractivity contribution is 8.13. The Morgan fingerprint density at radius 2 is 2.36 bits per heavy atom. The second-order valence-corrected chi connectivity index (χ2v) is 5.19. The van der Waals surface area contributed by atoms with Gasteiger partial charge in [0.1, 0.15) is 0 Å². The quantitative estimate of drug-likeness (QED) is 0.703. The zero-order valence-corrected chi connectivity index (χ0v) is 10.1. The number of thioether (sulfide) groups is 1. The molecule has 0 amide bonds. The van der Waals surface area contributed by atoms with Crippen LogP contribution in [0.2, 0.25) is 0 Å². The van der Waals surface area contributed by atoms with Gasteiger partial charge in [0.05, 0.1) is 0 Å². The van der Waals surface area contributed by atoms with Crippen LogP contribution in [0, 0.1) is 0 Å². The Bertz CT molecular complexity index is 184. The van der Waals surface area contributed by atoms with E-state index in [1.807, 2.05) is 0 Å². The normalized spacial score (nSPS) is 22.9. The topological polar surface area (TPSA) is 20.3 Å². The third-order valence-corrected chi connectivity index (χ3v) is 3.73. The summed E-state index contributed by atoms with van der Waals surface area (Å²) in [5.41, 5.74) is 0. The highest BCUT2D eigenvalue weighted by Gasteiger charge is 2.23. The number of likely N-dealkylation sites (tertiary alicyclic amines) is 1. The van der Waals surface area contributed by atoms with Crippen molar-refractivity contribution in [3.8, 4) is 0 Å². The molecular weight excluding hydrogens is 194 g/mol. The standard InChI is InChI=1S/C11H21NOS/c1-3-4-7-12-8-5-6-11(12)9-14-10(2)13/h11H,3-9H2,1-2H3/t11-/m0/s1. The van der Waals surface area contributed by atoms with E-state index in [-0.39, 0.29) is 5.12 Å². The summed E-state index contributed by atoms with van der Waals surface area (Å²) in [5.74, 6) is 0.999. The minimum Gasteiger partial charge on any atom is -0.300 e. The van der Waals surface area contributed by atoms with Gasteiger partial charge in [-0.25, -0.2) is 0 Å². The van der Waals surface area contributed by atoms with Crippen LogP contribution in [-0.2, 0) is 4.79 Å². The van der Waals surface area contributed by atoms with Gasteiger partial charge in [0.25, 0.3) is 0 Å². The number of rotatable bonds is 5. The van der Waals surface area contributed by atoms with Crippen LogP contribution in [-0.4, -0.2) is 34.9 Å². The lowest BCUT2D eigenvalue weighted by Gasteiger charge is -2.23. The van der Waals surface area contributed by atoms with E-state index >= 15 is 0 Å². The average Bonchev–Trinajstić information content (AvgIpc) is 2.58. The second kappa shape index (κ2) is 6.46. The van der Waals surface area contributed by atoms with Crippen molar-refractivity contribution in [2.24, 2.45) is 0 Å². The Kier molecular flexibility index (Phi) is 5.56. The van der Waals surface area contributed by atoms with Crippen LogP contribution in [0.1, 0.15) is 39.5 Å². The monoisotopic (exact) mass is 215 g/mol. The molecule has 0 aliphatic carbocycles. The van der Waals surface area contributed by atoms with Gasteiger partial charge in [0.15, 0.2) is 5.12 Å². The van der Waals surface area contributed by atoms with Gasteiger partial charge in [-0.1, -0.05) is 25.1 Å². The summed E-state index contributed by atoms with van der Waals surface area (Å²) in [4.78, 5) is 13.4. The maximum atomic E-state index is 10.9. The van der Waals surface area contributed by atoms with E-state index in [0.29, 0.717) is 6.04 Å². The van der Waals surface area contributed by atoms with E-state index < -0.39 is 0 Å². The molecule has 1 rings (SSSR count). The van der Waals surface area contributed by atoms with Gasteiger partial charge in [-0.2, -0.15) is 0 Å². The minimum absolute atomic E-state index is 0.257. The van der Waals surface area contributed by atoms with Crippen molar-refractivity contribution in [2.45, 2.75) is 45.6 Å². The summed E-state index contributed by atoms with van der Waals surface area (Å²) < 4.78 is 0. The molecule has 0 bridgehead atoms. The molecule has 0 unspecified atom stereocenters. The zero-order valence-electron chi connectivity index (χ0n) is 9.29. The van der Waals surface area contributed by atoms with Gasteiger partial charge in [-0.3, -0.25) is 9.69 Å². The van der Waals surface area contributed by atoms with Gasteiger partial charge in [0, 0.05) is 18.7 Å². The van der Waals surface area contributed by atoms with Gasteiger partial charge in [-0.05, 0) is 32.4 Å². The van der Waals surface area contributed by atoms with Crippen LogP contribution >= 0.6 is 11.8 Å². The van der Waals surface area contributed by atoms with Gasteiger partial charge in [-0.15, -0.1) is 0 Å². The van der Waals surface area contributed by atoms with Crippen LogP contribution in [0.4, 0.5) is 0 Å². The lowest BCUT2D eigenvalue weighted by molar-refractivity contribution is -0.109. The van der Waals surface area contributed by atoms with E-state index in [1.165, 1.54) is 50.5 Å². The summed E-state index contributed by atoms with van der Waals surface area (Å²) in [6, 6.07) is 0.662. The van der Waals surface area contributed by atoms with E-state index in [9.17, 15) is 4.79 Å². The molecule has 0 N–H and O–H groups in total. The molecule has 2 nitrogen and oxygen atoms in total. The Morgan fingerprint density at radius 1 is 1.57 bits per heavy atom.